The standard InChI is InChI=1S/C24H26N2O4S/c1-24-9-6-20-19-5-3-18(30-31(25,28)29)13-16(19)2-4-21(20)22(24)14-17(23(24)27)12-15-7-10-26-11-8-15/h3,5,7-8,10-13,20-22H,2,4,6,9,14H2,1H3,(H2,25,28,29). The van der Waals surface area contributed by atoms with Crippen molar-refractivity contribution in [2.24, 2.45) is 22.4 Å². The summed E-state index contributed by atoms with van der Waals surface area (Å²) in [6.45, 7) is 2.15. The normalized spacial score (nSPS) is 31.1. The molecule has 0 spiro atoms. The minimum absolute atomic E-state index is 0.263. The zero-order valence-corrected chi connectivity index (χ0v) is 18.3. The molecule has 1 heterocycles. The van der Waals surface area contributed by atoms with Gasteiger partial charge in [-0.1, -0.05) is 13.0 Å². The van der Waals surface area contributed by atoms with Gasteiger partial charge >= 0.3 is 10.3 Å². The van der Waals surface area contributed by atoms with E-state index >= 15 is 0 Å². The molecular formula is C24H26N2O4S. The van der Waals surface area contributed by atoms with Gasteiger partial charge in [0.2, 0.25) is 0 Å². The number of fused-ring (bicyclic) bond motifs is 5. The van der Waals surface area contributed by atoms with Crippen molar-refractivity contribution >= 4 is 22.2 Å². The quantitative estimate of drug-likeness (QED) is 0.735. The topological polar surface area (TPSA) is 99.3 Å². The molecule has 0 amide bonds. The molecule has 0 aliphatic heterocycles. The number of carbonyl (C=O) groups is 1. The molecule has 4 atom stereocenters. The number of allylic oxidation sites excluding steroid dienone is 1. The van der Waals surface area contributed by atoms with Crippen LogP contribution < -0.4 is 9.32 Å². The number of rotatable bonds is 3. The van der Waals surface area contributed by atoms with Crippen molar-refractivity contribution in [3.63, 3.8) is 0 Å². The number of hydrogen-bond acceptors (Lipinski definition) is 5. The van der Waals surface area contributed by atoms with Gasteiger partial charge in [0.25, 0.3) is 0 Å². The highest BCUT2D eigenvalue weighted by molar-refractivity contribution is 7.84. The van der Waals surface area contributed by atoms with Crippen LogP contribution in [0.4, 0.5) is 0 Å². The molecule has 0 saturated heterocycles. The van der Waals surface area contributed by atoms with E-state index in [-0.39, 0.29) is 11.2 Å². The molecule has 5 rings (SSSR count). The Kier molecular flexibility index (Phi) is 4.79. The average Bonchev–Trinajstić information content (AvgIpc) is 2.98. The van der Waals surface area contributed by atoms with Gasteiger partial charge in [0.05, 0.1) is 0 Å². The number of ketones is 1. The first kappa shape index (κ1) is 20.4. The van der Waals surface area contributed by atoms with Crippen molar-refractivity contribution in [2.75, 3.05) is 0 Å². The third-order valence-corrected chi connectivity index (χ3v) is 8.02. The fraction of sp³-hybridized carbons (Fsp3) is 0.417. The zero-order valence-electron chi connectivity index (χ0n) is 17.5. The maximum Gasteiger partial charge on any atom is 0.380 e. The molecule has 2 N–H and O–H groups in total. The lowest BCUT2D eigenvalue weighted by Crippen LogP contribution is -2.42. The summed E-state index contributed by atoms with van der Waals surface area (Å²) < 4.78 is 27.4. The van der Waals surface area contributed by atoms with Crippen molar-refractivity contribution < 1.29 is 17.4 Å². The molecule has 0 radical (unpaired) electrons. The van der Waals surface area contributed by atoms with Crippen LogP contribution in [-0.4, -0.2) is 19.2 Å². The fourth-order valence-electron chi connectivity index (χ4n) is 6.20. The van der Waals surface area contributed by atoms with E-state index in [0.29, 0.717) is 23.5 Å². The average molecular weight is 439 g/mol. The first-order chi connectivity index (χ1) is 14.7. The number of aryl methyl sites for hydroxylation is 1. The highest BCUT2D eigenvalue weighted by Crippen LogP contribution is 2.60. The number of carbonyl (C=O) groups excluding carboxylic acids is 1. The van der Waals surface area contributed by atoms with Crippen LogP contribution in [0.5, 0.6) is 5.75 Å². The minimum Gasteiger partial charge on any atom is -0.371 e. The molecule has 3 aliphatic carbocycles. The van der Waals surface area contributed by atoms with Crippen molar-refractivity contribution in [3.05, 3.63) is 65.0 Å². The van der Waals surface area contributed by atoms with Crippen LogP contribution in [0, 0.1) is 17.3 Å². The molecule has 3 aliphatic rings. The molecular weight excluding hydrogens is 412 g/mol. The summed E-state index contributed by atoms with van der Waals surface area (Å²) in [6.07, 6.45) is 10.0. The second kappa shape index (κ2) is 7.28. The van der Waals surface area contributed by atoms with E-state index < -0.39 is 10.3 Å². The Morgan fingerprint density at radius 3 is 2.71 bits per heavy atom. The van der Waals surface area contributed by atoms with E-state index in [1.165, 1.54) is 5.56 Å². The molecule has 1 aromatic heterocycles. The predicted octanol–water partition coefficient (Wildman–Crippen LogP) is 3.78. The van der Waals surface area contributed by atoms with E-state index in [0.717, 1.165) is 48.8 Å². The number of aromatic nitrogens is 1. The van der Waals surface area contributed by atoms with Gasteiger partial charge in [-0.25, -0.2) is 0 Å². The smallest absolute Gasteiger partial charge is 0.371 e. The summed E-state index contributed by atoms with van der Waals surface area (Å²) >= 11 is 0. The summed E-state index contributed by atoms with van der Waals surface area (Å²) in [4.78, 5) is 17.5. The monoisotopic (exact) mass is 438 g/mol. The highest BCUT2D eigenvalue weighted by atomic mass is 32.2. The Balaban J connectivity index is 1.44. The van der Waals surface area contributed by atoms with Gasteiger partial charge in [-0.2, -0.15) is 13.6 Å². The van der Waals surface area contributed by atoms with Crippen molar-refractivity contribution in [1.29, 1.82) is 0 Å². The molecule has 31 heavy (non-hydrogen) atoms. The van der Waals surface area contributed by atoms with E-state index in [4.69, 9.17) is 9.32 Å². The van der Waals surface area contributed by atoms with Crippen molar-refractivity contribution in [1.82, 2.24) is 4.98 Å². The Hall–Kier alpha value is -2.51. The van der Waals surface area contributed by atoms with Crippen LogP contribution in [0.25, 0.3) is 6.08 Å². The Morgan fingerprint density at radius 2 is 1.97 bits per heavy atom. The third-order valence-electron chi connectivity index (χ3n) is 7.60. The number of nitrogens with two attached hydrogens (primary N) is 1. The number of nitrogens with zero attached hydrogens (tertiary/aromatic N) is 1. The SMILES string of the molecule is CC12CCC3c4ccc(OS(N)(=O)=O)cc4CCC3C1CC(=Cc1ccncc1)C2=O. The second-order valence-electron chi connectivity index (χ2n) is 9.29. The molecule has 7 heteroatoms. The maximum atomic E-state index is 13.4. The first-order valence-corrected chi connectivity index (χ1v) is 12.2. The van der Waals surface area contributed by atoms with Crippen LogP contribution in [0.3, 0.4) is 0 Å². The maximum absolute atomic E-state index is 13.4. The Labute approximate surface area is 182 Å². The van der Waals surface area contributed by atoms with Gasteiger partial charge in [-0.15, -0.1) is 0 Å². The van der Waals surface area contributed by atoms with E-state index in [1.807, 2.05) is 24.3 Å². The molecule has 2 aromatic rings. The molecule has 2 fully saturated rings. The summed E-state index contributed by atoms with van der Waals surface area (Å²) in [5, 5.41) is 5.01. The summed E-state index contributed by atoms with van der Waals surface area (Å²) in [5.41, 5.74) is 4.05. The summed E-state index contributed by atoms with van der Waals surface area (Å²) in [5.74, 6) is 1.73. The molecule has 1 aromatic carbocycles. The highest BCUT2D eigenvalue weighted by Gasteiger charge is 2.56. The molecule has 2 saturated carbocycles. The molecule has 162 valence electrons. The van der Waals surface area contributed by atoms with E-state index in [1.54, 1.807) is 24.5 Å². The lowest BCUT2D eigenvalue weighted by atomic mass is 9.55. The Morgan fingerprint density at radius 1 is 1.19 bits per heavy atom. The van der Waals surface area contributed by atoms with Gasteiger partial charge < -0.3 is 4.18 Å². The van der Waals surface area contributed by atoms with E-state index in [2.05, 4.69) is 11.9 Å². The minimum atomic E-state index is -4.03. The molecule has 4 unspecified atom stereocenters. The van der Waals surface area contributed by atoms with Gasteiger partial charge in [0, 0.05) is 17.8 Å². The van der Waals surface area contributed by atoms with Gasteiger partial charge in [0.15, 0.2) is 5.78 Å². The number of hydrogen-bond donors (Lipinski definition) is 1. The van der Waals surface area contributed by atoms with Gasteiger partial charge in [0.1, 0.15) is 5.75 Å². The largest absolute Gasteiger partial charge is 0.380 e. The van der Waals surface area contributed by atoms with Gasteiger partial charge in [-0.3, -0.25) is 9.78 Å². The van der Waals surface area contributed by atoms with Crippen LogP contribution >= 0.6 is 0 Å². The predicted molar refractivity (Wildman–Crippen MR) is 117 cm³/mol. The number of pyridine rings is 1. The van der Waals surface area contributed by atoms with Gasteiger partial charge in [-0.05, 0) is 102 Å². The zero-order chi connectivity index (χ0) is 21.8. The molecule has 6 nitrogen and oxygen atoms in total. The van der Waals surface area contributed by atoms with E-state index in [9.17, 15) is 13.2 Å². The first-order valence-electron chi connectivity index (χ1n) is 10.7. The summed E-state index contributed by atoms with van der Waals surface area (Å²) in [6, 6.07) is 9.35. The van der Waals surface area contributed by atoms with Crippen molar-refractivity contribution in [2.45, 2.75) is 44.9 Å². The number of Topliss-reactive ketones (excluding diaryl/α,β-unsaturated/α-hetero) is 1. The summed E-state index contributed by atoms with van der Waals surface area (Å²) in [7, 11) is -4.03. The second-order valence-corrected chi connectivity index (χ2v) is 10.4. The lowest BCUT2D eigenvalue weighted by molar-refractivity contribution is -0.127. The molecule has 0 bridgehead atoms. The third kappa shape index (κ3) is 3.59. The van der Waals surface area contributed by atoms with Crippen molar-refractivity contribution in [3.8, 4) is 5.75 Å². The Bertz CT molecular complexity index is 1180. The van der Waals surface area contributed by atoms with Crippen LogP contribution in [0.15, 0.2) is 48.3 Å². The lowest BCUT2D eigenvalue weighted by Gasteiger charge is -2.48. The van der Waals surface area contributed by atoms with Crippen LogP contribution in [0.2, 0.25) is 0 Å². The van der Waals surface area contributed by atoms with Crippen LogP contribution in [-0.2, 0) is 21.5 Å². The number of benzene rings is 1. The van der Waals surface area contributed by atoms with Crippen LogP contribution in [0.1, 0.15) is 55.2 Å². The fourth-order valence-corrected chi connectivity index (χ4v) is 6.58.